The average Bonchev–Trinajstić information content (AvgIpc) is 3.38. The highest BCUT2D eigenvalue weighted by atomic mass is 16.5. The molecule has 41 heavy (non-hydrogen) atoms. The van der Waals surface area contributed by atoms with Crippen molar-refractivity contribution in [1.82, 2.24) is 0 Å². The lowest BCUT2D eigenvalue weighted by Gasteiger charge is -2.43. The van der Waals surface area contributed by atoms with E-state index >= 15 is 0 Å². The third-order valence-corrected chi connectivity index (χ3v) is 12.0. The Labute approximate surface area is 241 Å². The number of ether oxygens (including phenoxy) is 1. The minimum atomic E-state index is -0.426. The van der Waals surface area contributed by atoms with Gasteiger partial charge < -0.3 is 4.74 Å². The van der Waals surface area contributed by atoms with E-state index in [9.17, 15) is 0 Å². The lowest BCUT2D eigenvalue weighted by Crippen LogP contribution is -2.44. The van der Waals surface area contributed by atoms with Crippen LogP contribution >= 0.6 is 0 Å². The topological polar surface area (TPSA) is 9.23 Å². The van der Waals surface area contributed by atoms with E-state index in [2.05, 4.69) is 146 Å². The molecular formula is C40H32O. The van der Waals surface area contributed by atoms with Crippen LogP contribution in [0.2, 0.25) is 0 Å². The molecule has 0 spiro atoms. The molecule has 0 amide bonds. The van der Waals surface area contributed by atoms with Gasteiger partial charge in [-0.05, 0) is 63.5 Å². The molecule has 5 aromatic rings. The molecule has 3 saturated carbocycles. The molecule has 0 N–H and O–H groups in total. The molecular weight excluding hydrogens is 496 g/mol. The van der Waals surface area contributed by atoms with Gasteiger partial charge in [0.15, 0.2) is 0 Å². The molecule has 4 fully saturated rings. The molecule has 5 aliphatic rings. The first-order valence-corrected chi connectivity index (χ1v) is 15.3. The van der Waals surface area contributed by atoms with Crippen LogP contribution in [0.5, 0.6) is 0 Å². The highest BCUT2D eigenvalue weighted by Crippen LogP contribution is 2.88. The average molecular weight is 529 g/mol. The Morgan fingerprint density at radius 1 is 0.390 bits per heavy atom. The zero-order valence-corrected chi connectivity index (χ0v) is 22.9. The van der Waals surface area contributed by atoms with Crippen LogP contribution in [-0.4, -0.2) is 0 Å². The van der Waals surface area contributed by atoms with Gasteiger partial charge in [-0.3, -0.25) is 0 Å². The summed E-state index contributed by atoms with van der Waals surface area (Å²) >= 11 is 0. The first-order valence-electron chi connectivity index (χ1n) is 15.3. The zero-order valence-electron chi connectivity index (χ0n) is 22.9. The molecule has 2 aliphatic heterocycles. The minimum absolute atomic E-state index is 0.0851. The first kappa shape index (κ1) is 22.7. The van der Waals surface area contributed by atoms with Gasteiger partial charge in [-0.15, -0.1) is 0 Å². The summed E-state index contributed by atoms with van der Waals surface area (Å²) in [7, 11) is 0. The summed E-state index contributed by atoms with van der Waals surface area (Å²) in [6.45, 7) is 0. The third-order valence-electron chi connectivity index (χ3n) is 12.0. The summed E-state index contributed by atoms with van der Waals surface area (Å²) in [6.07, 6.45) is 1.31. The number of hydrogen-bond acceptors (Lipinski definition) is 1. The van der Waals surface area contributed by atoms with Crippen molar-refractivity contribution < 1.29 is 4.74 Å². The van der Waals surface area contributed by atoms with Crippen LogP contribution in [-0.2, 0) is 21.4 Å². The van der Waals surface area contributed by atoms with Crippen LogP contribution in [0.3, 0.4) is 0 Å². The van der Waals surface area contributed by atoms with Crippen molar-refractivity contribution in [2.24, 2.45) is 35.5 Å². The number of fused-ring (bicyclic) bond motifs is 15. The fraction of sp³-hybridized carbons (Fsp3) is 0.250. The minimum Gasteiger partial charge on any atom is -0.349 e. The van der Waals surface area contributed by atoms with Gasteiger partial charge in [0.2, 0.25) is 0 Å². The Hall–Kier alpha value is -3.94. The standard InChI is InChI=1S/C40H32O/c1-5-15-26(16-6-1)38(27-17-7-2-8-18-27)34-30-25-31(35(34)38)37-36(30)39(28-19-9-3-10-20-28)32-23-13-14-24-33(32)40(37,41-39)29-21-11-4-12-22-29/h1-24,30-31,34-37H,25H2/t30-,31+,34+,35-,36-,37+,39+,40-. The second kappa shape index (κ2) is 7.66. The van der Waals surface area contributed by atoms with Gasteiger partial charge in [0, 0.05) is 17.3 Å². The molecule has 1 heteroatoms. The van der Waals surface area contributed by atoms with Gasteiger partial charge in [0.1, 0.15) is 11.2 Å². The Balaban J connectivity index is 1.25. The SMILES string of the molecule is c1ccc(C2(c3ccccc3)[C@@H]3[C@@H]4C[C@H]([C@@H]32)[C@@H]2[C@H]4[C@]3(c4ccccc4)O[C@@]2(c2ccccc2)c2ccccc23)cc1. The van der Waals surface area contributed by atoms with E-state index in [0.717, 1.165) is 0 Å². The lowest BCUT2D eigenvalue weighted by molar-refractivity contribution is -0.0703. The molecule has 1 saturated heterocycles. The molecule has 3 aliphatic carbocycles. The third kappa shape index (κ3) is 2.44. The number of rotatable bonds is 4. The number of hydrogen-bond donors (Lipinski definition) is 0. The maximum absolute atomic E-state index is 7.79. The Morgan fingerprint density at radius 2 is 0.732 bits per heavy atom. The summed E-state index contributed by atoms with van der Waals surface area (Å²) < 4.78 is 7.79. The van der Waals surface area contributed by atoms with Gasteiger partial charge in [-0.1, -0.05) is 146 Å². The van der Waals surface area contributed by atoms with Crippen molar-refractivity contribution in [2.45, 2.75) is 23.0 Å². The van der Waals surface area contributed by atoms with E-state index in [4.69, 9.17) is 4.74 Å². The van der Waals surface area contributed by atoms with Crippen LogP contribution < -0.4 is 0 Å². The molecule has 8 atom stereocenters. The molecule has 1 nitrogen and oxygen atoms in total. The molecule has 0 radical (unpaired) electrons. The van der Waals surface area contributed by atoms with E-state index in [1.165, 1.54) is 39.8 Å². The van der Waals surface area contributed by atoms with Crippen molar-refractivity contribution in [1.29, 1.82) is 0 Å². The van der Waals surface area contributed by atoms with Crippen molar-refractivity contribution in [3.63, 3.8) is 0 Å². The summed E-state index contributed by atoms with van der Waals surface area (Å²) in [5.41, 5.74) is 7.68. The van der Waals surface area contributed by atoms with Gasteiger partial charge in [-0.2, -0.15) is 0 Å². The fourth-order valence-corrected chi connectivity index (χ4v) is 11.2. The van der Waals surface area contributed by atoms with Crippen LogP contribution in [0.4, 0.5) is 0 Å². The van der Waals surface area contributed by atoms with Crippen LogP contribution in [0, 0.1) is 35.5 Å². The fourth-order valence-electron chi connectivity index (χ4n) is 11.2. The highest BCUT2D eigenvalue weighted by Gasteiger charge is 2.87. The van der Waals surface area contributed by atoms with Crippen LogP contribution in [0.1, 0.15) is 39.8 Å². The van der Waals surface area contributed by atoms with E-state index < -0.39 is 11.2 Å². The van der Waals surface area contributed by atoms with Crippen LogP contribution in [0.25, 0.3) is 0 Å². The van der Waals surface area contributed by atoms with Gasteiger partial charge in [0.05, 0.1) is 0 Å². The molecule has 0 unspecified atom stereocenters. The van der Waals surface area contributed by atoms with Crippen molar-refractivity contribution in [3.05, 3.63) is 179 Å². The van der Waals surface area contributed by atoms with Crippen molar-refractivity contribution in [3.8, 4) is 0 Å². The molecule has 4 bridgehead atoms. The smallest absolute Gasteiger partial charge is 0.124 e. The summed E-state index contributed by atoms with van der Waals surface area (Å²) in [4.78, 5) is 0. The summed E-state index contributed by atoms with van der Waals surface area (Å²) in [5, 5.41) is 0. The van der Waals surface area contributed by atoms with Gasteiger partial charge in [-0.25, -0.2) is 0 Å². The van der Waals surface area contributed by atoms with Crippen molar-refractivity contribution >= 4 is 0 Å². The molecule has 10 rings (SSSR count). The second-order valence-corrected chi connectivity index (χ2v) is 13.1. The molecule has 2 heterocycles. The Kier molecular flexibility index (Phi) is 4.24. The predicted molar refractivity (Wildman–Crippen MR) is 161 cm³/mol. The summed E-state index contributed by atoms with van der Waals surface area (Å²) in [6, 6.07) is 54.6. The quantitative estimate of drug-likeness (QED) is 0.228. The summed E-state index contributed by atoms with van der Waals surface area (Å²) in [5.74, 6) is 3.38. The highest BCUT2D eigenvalue weighted by molar-refractivity contribution is 5.62. The Morgan fingerprint density at radius 3 is 1.12 bits per heavy atom. The first-order chi connectivity index (χ1) is 20.3. The molecule has 198 valence electrons. The van der Waals surface area contributed by atoms with E-state index in [-0.39, 0.29) is 5.41 Å². The van der Waals surface area contributed by atoms with E-state index in [1.54, 1.807) is 0 Å². The molecule has 0 aromatic heterocycles. The Bertz CT molecular complexity index is 1650. The maximum atomic E-state index is 7.79. The maximum Gasteiger partial charge on any atom is 0.124 e. The van der Waals surface area contributed by atoms with Gasteiger partial charge in [0.25, 0.3) is 0 Å². The number of benzene rings is 5. The van der Waals surface area contributed by atoms with Crippen LogP contribution in [0.15, 0.2) is 146 Å². The van der Waals surface area contributed by atoms with E-state index in [1.807, 2.05) is 0 Å². The largest absolute Gasteiger partial charge is 0.349 e. The normalized spacial score (nSPS) is 36.0. The zero-order chi connectivity index (χ0) is 26.8. The van der Waals surface area contributed by atoms with Gasteiger partial charge >= 0.3 is 0 Å². The van der Waals surface area contributed by atoms with E-state index in [0.29, 0.717) is 35.5 Å². The predicted octanol–water partition coefficient (Wildman–Crippen LogP) is 8.33. The van der Waals surface area contributed by atoms with Crippen molar-refractivity contribution in [2.75, 3.05) is 0 Å². The monoisotopic (exact) mass is 528 g/mol. The lowest BCUT2D eigenvalue weighted by atomic mass is 9.56. The second-order valence-electron chi connectivity index (χ2n) is 13.1. The molecule has 5 aromatic carbocycles.